The largest absolute Gasteiger partial charge is 0.497 e. The van der Waals surface area contributed by atoms with Crippen LogP contribution in [0.5, 0.6) is 5.75 Å². The van der Waals surface area contributed by atoms with Gasteiger partial charge in [0.1, 0.15) is 28.8 Å². The molecule has 25 heavy (non-hydrogen) atoms. The van der Waals surface area contributed by atoms with Gasteiger partial charge in [-0.15, -0.1) is 10.2 Å². The fourth-order valence-electron chi connectivity index (χ4n) is 3.14. The summed E-state index contributed by atoms with van der Waals surface area (Å²) in [6, 6.07) is 1.93. The zero-order valence-corrected chi connectivity index (χ0v) is 14.6. The molecule has 0 bridgehead atoms. The normalized spacial score (nSPS) is 16.9. The van der Waals surface area contributed by atoms with Crippen LogP contribution in [0.25, 0.3) is 0 Å². The standard InChI is InChI=1S/C17H20F2N4O2/c1-9(2)16-21-20-14-8-22(7-10(3)23(14)16)17(24)15-12(18)5-11(25-4)6-13(15)19/h5-6,9-10H,7-8H2,1-4H3/t10-/m0/s1. The third-order valence-corrected chi connectivity index (χ3v) is 4.32. The van der Waals surface area contributed by atoms with Gasteiger partial charge in [0.2, 0.25) is 0 Å². The molecule has 2 aromatic rings. The van der Waals surface area contributed by atoms with Crippen molar-refractivity contribution in [2.24, 2.45) is 0 Å². The topological polar surface area (TPSA) is 60.2 Å². The highest BCUT2D eigenvalue weighted by molar-refractivity contribution is 5.95. The molecule has 0 saturated carbocycles. The van der Waals surface area contributed by atoms with Crippen molar-refractivity contribution in [1.29, 1.82) is 0 Å². The van der Waals surface area contributed by atoms with Crippen LogP contribution in [0.3, 0.4) is 0 Å². The molecule has 0 aliphatic carbocycles. The van der Waals surface area contributed by atoms with Gasteiger partial charge in [0, 0.05) is 24.6 Å². The Bertz CT molecular complexity index is 796. The molecule has 1 atom stereocenters. The van der Waals surface area contributed by atoms with E-state index < -0.39 is 23.1 Å². The average molecular weight is 350 g/mol. The van der Waals surface area contributed by atoms with Gasteiger partial charge >= 0.3 is 0 Å². The first-order chi connectivity index (χ1) is 11.8. The van der Waals surface area contributed by atoms with Gasteiger partial charge in [-0.05, 0) is 6.92 Å². The summed E-state index contributed by atoms with van der Waals surface area (Å²) in [7, 11) is 1.31. The lowest BCUT2D eigenvalue weighted by atomic mass is 10.1. The minimum absolute atomic E-state index is 0.0277. The van der Waals surface area contributed by atoms with Crippen LogP contribution >= 0.6 is 0 Å². The first kappa shape index (κ1) is 17.3. The fraction of sp³-hybridized carbons (Fsp3) is 0.471. The molecular weight excluding hydrogens is 330 g/mol. The molecule has 1 aromatic heterocycles. The summed E-state index contributed by atoms with van der Waals surface area (Å²) in [6.07, 6.45) is 0. The number of halogens is 2. The number of methoxy groups -OCH3 is 1. The molecular formula is C17H20F2N4O2. The van der Waals surface area contributed by atoms with E-state index in [9.17, 15) is 13.6 Å². The first-order valence-corrected chi connectivity index (χ1v) is 8.09. The lowest BCUT2D eigenvalue weighted by Gasteiger charge is -2.33. The van der Waals surface area contributed by atoms with Crippen molar-refractivity contribution in [2.75, 3.05) is 13.7 Å². The third-order valence-electron chi connectivity index (χ3n) is 4.32. The van der Waals surface area contributed by atoms with E-state index in [1.54, 1.807) is 0 Å². The predicted molar refractivity (Wildman–Crippen MR) is 86.5 cm³/mol. The van der Waals surface area contributed by atoms with E-state index >= 15 is 0 Å². The highest BCUT2D eigenvalue weighted by atomic mass is 19.1. The molecule has 0 N–H and O–H groups in total. The van der Waals surface area contributed by atoms with Crippen LogP contribution in [0.1, 0.15) is 54.7 Å². The lowest BCUT2D eigenvalue weighted by Crippen LogP contribution is -2.41. The van der Waals surface area contributed by atoms with Crippen LogP contribution < -0.4 is 4.74 Å². The van der Waals surface area contributed by atoms with Crippen molar-refractivity contribution in [1.82, 2.24) is 19.7 Å². The summed E-state index contributed by atoms with van der Waals surface area (Å²) >= 11 is 0. The molecule has 0 fully saturated rings. The van der Waals surface area contributed by atoms with Gasteiger partial charge in [-0.25, -0.2) is 8.78 Å². The number of rotatable bonds is 3. The summed E-state index contributed by atoms with van der Waals surface area (Å²) in [5.41, 5.74) is -0.579. The summed E-state index contributed by atoms with van der Waals surface area (Å²) in [4.78, 5) is 14.1. The van der Waals surface area contributed by atoms with Crippen LogP contribution in [0.2, 0.25) is 0 Å². The number of nitrogens with zero attached hydrogens (tertiary/aromatic N) is 4. The molecule has 1 amide bonds. The van der Waals surface area contributed by atoms with Crippen LogP contribution in [-0.2, 0) is 6.54 Å². The van der Waals surface area contributed by atoms with E-state index in [0.717, 1.165) is 18.0 Å². The number of benzene rings is 1. The number of fused-ring (bicyclic) bond motifs is 1. The molecule has 6 nitrogen and oxygen atoms in total. The number of hydrogen-bond acceptors (Lipinski definition) is 4. The quantitative estimate of drug-likeness (QED) is 0.854. The van der Waals surface area contributed by atoms with Gasteiger partial charge in [-0.1, -0.05) is 13.8 Å². The SMILES string of the molecule is COc1cc(F)c(C(=O)N2Cc3nnc(C(C)C)n3[C@@H](C)C2)c(F)c1. The van der Waals surface area contributed by atoms with Gasteiger partial charge < -0.3 is 14.2 Å². The van der Waals surface area contributed by atoms with Crippen molar-refractivity contribution < 1.29 is 18.3 Å². The zero-order chi connectivity index (χ0) is 18.3. The number of ether oxygens (including phenoxy) is 1. The van der Waals surface area contributed by atoms with Crippen LogP contribution in [0.15, 0.2) is 12.1 Å². The number of amides is 1. The molecule has 0 saturated heterocycles. The van der Waals surface area contributed by atoms with E-state index in [4.69, 9.17) is 4.74 Å². The van der Waals surface area contributed by atoms with Gasteiger partial charge in [0.25, 0.3) is 5.91 Å². The minimum atomic E-state index is -0.940. The van der Waals surface area contributed by atoms with Crippen LogP contribution in [-0.4, -0.2) is 39.2 Å². The second kappa shape index (κ2) is 6.42. The molecule has 0 unspecified atom stereocenters. The summed E-state index contributed by atoms with van der Waals surface area (Å²) < 4.78 is 35.2. The molecule has 0 spiro atoms. The van der Waals surface area contributed by atoms with E-state index in [-0.39, 0.29) is 24.3 Å². The summed E-state index contributed by atoms with van der Waals surface area (Å²) in [5, 5.41) is 8.32. The maximum atomic E-state index is 14.2. The number of hydrogen-bond donors (Lipinski definition) is 0. The van der Waals surface area contributed by atoms with E-state index in [1.807, 2.05) is 25.3 Å². The second-order valence-corrected chi connectivity index (χ2v) is 6.50. The molecule has 1 aliphatic heterocycles. The molecule has 2 heterocycles. The van der Waals surface area contributed by atoms with Gasteiger partial charge in [0.05, 0.1) is 19.7 Å². The molecule has 134 valence electrons. The van der Waals surface area contributed by atoms with E-state index in [1.165, 1.54) is 12.0 Å². The summed E-state index contributed by atoms with van der Waals surface area (Å²) in [6.45, 7) is 6.45. The van der Waals surface area contributed by atoms with Crippen molar-refractivity contribution in [3.63, 3.8) is 0 Å². The van der Waals surface area contributed by atoms with Crippen molar-refractivity contribution in [3.8, 4) is 5.75 Å². The monoisotopic (exact) mass is 350 g/mol. The maximum Gasteiger partial charge on any atom is 0.260 e. The first-order valence-electron chi connectivity index (χ1n) is 8.09. The highest BCUT2D eigenvalue weighted by Gasteiger charge is 2.32. The van der Waals surface area contributed by atoms with Gasteiger partial charge in [-0.3, -0.25) is 4.79 Å². The Morgan fingerprint density at radius 1 is 1.28 bits per heavy atom. The van der Waals surface area contributed by atoms with E-state index in [0.29, 0.717) is 12.4 Å². The lowest BCUT2D eigenvalue weighted by molar-refractivity contribution is 0.0669. The number of carbonyl (C=O) groups excluding carboxylic acids is 1. The Balaban J connectivity index is 1.92. The smallest absolute Gasteiger partial charge is 0.260 e. The van der Waals surface area contributed by atoms with Crippen molar-refractivity contribution in [2.45, 2.75) is 39.3 Å². The predicted octanol–water partition coefficient (Wildman–Crippen LogP) is 2.91. The van der Waals surface area contributed by atoms with Crippen molar-refractivity contribution in [3.05, 3.63) is 41.0 Å². The van der Waals surface area contributed by atoms with Crippen LogP contribution in [0, 0.1) is 11.6 Å². The van der Waals surface area contributed by atoms with Gasteiger partial charge in [0.15, 0.2) is 5.82 Å². The number of aromatic nitrogens is 3. The molecule has 1 aromatic carbocycles. The average Bonchev–Trinajstić information content (AvgIpc) is 2.98. The Labute approximate surface area is 144 Å². The van der Waals surface area contributed by atoms with Gasteiger partial charge in [-0.2, -0.15) is 0 Å². The Morgan fingerprint density at radius 2 is 1.92 bits per heavy atom. The third kappa shape index (κ3) is 2.96. The molecule has 8 heteroatoms. The Hall–Kier alpha value is -2.51. The van der Waals surface area contributed by atoms with E-state index in [2.05, 4.69) is 10.2 Å². The van der Waals surface area contributed by atoms with Crippen molar-refractivity contribution >= 4 is 5.91 Å². The Kier molecular flexibility index (Phi) is 4.45. The molecule has 3 rings (SSSR count). The fourth-order valence-corrected chi connectivity index (χ4v) is 3.14. The number of carbonyl (C=O) groups is 1. The Morgan fingerprint density at radius 3 is 2.48 bits per heavy atom. The van der Waals surface area contributed by atoms with Crippen LogP contribution in [0.4, 0.5) is 8.78 Å². The highest BCUT2D eigenvalue weighted by Crippen LogP contribution is 2.28. The summed E-state index contributed by atoms with van der Waals surface area (Å²) in [5.74, 6) is -0.900. The molecule has 1 aliphatic rings. The second-order valence-electron chi connectivity index (χ2n) is 6.50. The minimum Gasteiger partial charge on any atom is -0.497 e. The molecule has 0 radical (unpaired) electrons. The zero-order valence-electron chi connectivity index (χ0n) is 14.6. The maximum absolute atomic E-state index is 14.2.